The second kappa shape index (κ2) is 12.2. The summed E-state index contributed by atoms with van der Waals surface area (Å²) in [5.41, 5.74) is 9.66. The molecule has 6 aromatic carbocycles. The summed E-state index contributed by atoms with van der Waals surface area (Å²) in [6, 6.07) is 60.1. The number of para-hydroxylation sites is 2. The average molecular weight is 511 g/mol. The Labute approximate surface area is 237 Å². The molecule has 1 nitrogen and oxygen atoms in total. The fraction of sp³-hybridized carbons (Fsp3) is 0. The van der Waals surface area contributed by atoms with E-state index in [9.17, 15) is 0 Å². The van der Waals surface area contributed by atoms with Gasteiger partial charge in [0.05, 0.1) is 0 Å². The van der Waals surface area contributed by atoms with E-state index in [2.05, 4.69) is 187 Å². The van der Waals surface area contributed by atoms with Crippen LogP contribution in [-0.2, 0) is 0 Å². The number of nitrogens with zero attached hydrogens (tertiary/aromatic N) is 1. The molecule has 0 saturated heterocycles. The van der Waals surface area contributed by atoms with E-state index in [1.165, 1.54) is 27.5 Å². The lowest BCUT2D eigenvalue weighted by Crippen LogP contribution is -2.51. The topological polar surface area (TPSA) is 3.24 Å². The Bertz CT molecular complexity index is 1440. The molecule has 190 valence electrons. The summed E-state index contributed by atoms with van der Waals surface area (Å²) in [7, 11) is 0. The Morgan fingerprint density at radius 3 is 1.07 bits per heavy atom. The molecule has 0 atom stereocenters. The van der Waals surface area contributed by atoms with E-state index in [1.807, 2.05) is 0 Å². The highest BCUT2D eigenvalue weighted by atomic mass is 15.1. The maximum Gasteiger partial charge on any atom is 0.241 e. The third kappa shape index (κ3) is 5.82. The summed E-state index contributed by atoms with van der Waals surface area (Å²) in [5, 5.41) is 0. The van der Waals surface area contributed by atoms with Gasteiger partial charge in [0.15, 0.2) is 0 Å². The Kier molecular flexibility index (Phi) is 7.69. The summed E-state index contributed by atoms with van der Waals surface area (Å²) >= 11 is 0. The van der Waals surface area contributed by atoms with Crippen LogP contribution in [0.2, 0.25) is 0 Å². The van der Waals surface area contributed by atoms with E-state index in [-0.39, 0.29) is 6.71 Å². The van der Waals surface area contributed by atoms with Crippen molar-refractivity contribution in [2.24, 2.45) is 0 Å². The first-order valence-electron chi connectivity index (χ1n) is 13.7. The lowest BCUT2D eigenvalue weighted by atomic mass is 9.37. The van der Waals surface area contributed by atoms with Gasteiger partial charge >= 0.3 is 0 Å². The van der Waals surface area contributed by atoms with Crippen molar-refractivity contribution in [2.75, 3.05) is 4.90 Å². The van der Waals surface area contributed by atoms with E-state index in [0.29, 0.717) is 0 Å². The highest BCUT2D eigenvalue weighted by Crippen LogP contribution is 2.34. The third-order valence-electron chi connectivity index (χ3n) is 7.18. The van der Waals surface area contributed by atoms with Crippen LogP contribution in [0.25, 0.3) is 12.2 Å². The minimum absolute atomic E-state index is 0.213. The molecule has 0 spiro atoms. The van der Waals surface area contributed by atoms with Crippen LogP contribution >= 0.6 is 0 Å². The second-order valence-electron chi connectivity index (χ2n) is 9.85. The zero-order chi connectivity index (χ0) is 27.0. The van der Waals surface area contributed by atoms with Crippen LogP contribution in [0.3, 0.4) is 0 Å². The molecule has 0 aromatic heterocycles. The molecule has 0 aliphatic heterocycles. The smallest absolute Gasteiger partial charge is 0.241 e. The summed E-state index contributed by atoms with van der Waals surface area (Å²) in [5.74, 6) is 0. The molecule has 0 amide bonds. The van der Waals surface area contributed by atoms with Crippen molar-refractivity contribution >= 4 is 52.3 Å². The second-order valence-corrected chi connectivity index (χ2v) is 9.85. The SMILES string of the molecule is C(=C\c1ccc(N(c2ccccc2)c2ccccc2)cc1)/c1ccc(B(c2ccccc2)c2ccccc2)cc1. The summed E-state index contributed by atoms with van der Waals surface area (Å²) in [6.45, 7) is 0.213. The monoisotopic (exact) mass is 511 g/mol. The van der Waals surface area contributed by atoms with E-state index >= 15 is 0 Å². The quantitative estimate of drug-likeness (QED) is 0.149. The lowest BCUT2D eigenvalue weighted by Gasteiger charge is -2.25. The molecule has 0 saturated carbocycles. The van der Waals surface area contributed by atoms with Crippen molar-refractivity contribution in [2.45, 2.75) is 0 Å². The van der Waals surface area contributed by atoms with Gasteiger partial charge in [-0.1, -0.05) is 162 Å². The molecule has 0 fully saturated rings. The summed E-state index contributed by atoms with van der Waals surface area (Å²) in [4.78, 5) is 2.28. The van der Waals surface area contributed by atoms with Crippen molar-refractivity contribution in [3.05, 3.63) is 181 Å². The van der Waals surface area contributed by atoms with Gasteiger partial charge in [-0.2, -0.15) is 0 Å². The van der Waals surface area contributed by atoms with Crippen LogP contribution in [-0.4, -0.2) is 6.71 Å². The molecule has 0 radical (unpaired) electrons. The molecular formula is C38H30BN. The van der Waals surface area contributed by atoms with E-state index < -0.39 is 0 Å². The number of rotatable bonds is 8. The van der Waals surface area contributed by atoms with E-state index in [1.54, 1.807) is 0 Å². The summed E-state index contributed by atoms with van der Waals surface area (Å²) < 4.78 is 0. The average Bonchev–Trinajstić information content (AvgIpc) is 3.04. The van der Waals surface area contributed by atoms with Crippen LogP contribution < -0.4 is 21.3 Å². The molecule has 0 unspecified atom stereocenters. The molecule has 6 aromatic rings. The Hall–Kier alpha value is -5.08. The first kappa shape index (κ1) is 25.2. The maximum atomic E-state index is 2.28. The first-order chi connectivity index (χ1) is 19.8. The van der Waals surface area contributed by atoms with Crippen molar-refractivity contribution in [1.29, 1.82) is 0 Å². The zero-order valence-corrected chi connectivity index (χ0v) is 22.3. The van der Waals surface area contributed by atoms with Crippen molar-refractivity contribution < 1.29 is 0 Å². The van der Waals surface area contributed by atoms with Crippen molar-refractivity contribution in [1.82, 2.24) is 0 Å². The highest BCUT2D eigenvalue weighted by Gasteiger charge is 2.20. The number of anilines is 3. The predicted molar refractivity (Wildman–Crippen MR) is 174 cm³/mol. The van der Waals surface area contributed by atoms with Crippen LogP contribution in [0.4, 0.5) is 17.1 Å². The Morgan fingerprint density at radius 1 is 0.325 bits per heavy atom. The zero-order valence-electron chi connectivity index (χ0n) is 22.3. The predicted octanol–water partition coefficient (Wildman–Crippen LogP) is 7.84. The van der Waals surface area contributed by atoms with Gasteiger partial charge in [-0.25, -0.2) is 0 Å². The minimum atomic E-state index is 0.213. The van der Waals surface area contributed by atoms with Gasteiger partial charge in [0.1, 0.15) is 0 Å². The van der Waals surface area contributed by atoms with Crippen LogP contribution in [0, 0.1) is 0 Å². The van der Waals surface area contributed by atoms with Gasteiger partial charge < -0.3 is 4.90 Å². The van der Waals surface area contributed by atoms with Gasteiger partial charge in [0.25, 0.3) is 0 Å². The lowest BCUT2D eigenvalue weighted by molar-refractivity contribution is 1.28. The van der Waals surface area contributed by atoms with Gasteiger partial charge in [-0.05, 0) is 47.5 Å². The molecular weight excluding hydrogens is 481 g/mol. The molecule has 0 N–H and O–H groups in total. The molecule has 0 bridgehead atoms. The Balaban J connectivity index is 1.22. The minimum Gasteiger partial charge on any atom is -0.311 e. The van der Waals surface area contributed by atoms with Crippen molar-refractivity contribution in [3.8, 4) is 0 Å². The van der Waals surface area contributed by atoms with Gasteiger partial charge in [0, 0.05) is 17.1 Å². The molecule has 6 rings (SSSR count). The Morgan fingerprint density at radius 2 is 0.650 bits per heavy atom. The molecule has 0 aliphatic rings. The molecule has 0 aliphatic carbocycles. The highest BCUT2D eigenvalue weighted by molar-refractivity contribution is 6.95. The van der Waals surface area contributed by atoms with Crippen LogP contribution in [0.5, 0.6) is 0 Å². The third-order valence-corrected chi connectivity index (χ3v) is 7.18. The molecule has 0 heterocycles. The largest absolute Gasteiger partial charge is 0.311 e. The summed E-state index contributed by atoms with van der Waals surface area (Å²) in [6.07, 6.45) is 4.37. The molecule has 2 heteroatoms. The first-order valence-corrected chi connectivity index (χ1v) is 13.7. The normalized spacial score (nSPS) is 10.9. The van der Waals surface area contributed by atoms with E-state index in [4.69, 9.17) is 0 Å². The van der Waals surface area contributed by atoms with Gasteiger partial charge in [-0.15, -0.1) is 0 Å². The fourth-order valence-electron chi connectivity index (χ4n) is 5.20. The fourth-order valence-corrected chi connectivity index (χ4v) is 5.20. The van der Waals surface area contributed by atoms with E-state index in [0.717, 1.165) is 17.1 Å². The number of hydrogen-bond donors (Lipinski definition) is 0. The van der Waals surface area contributed by atoms with Gasteiger partial charge in [-0.3, -0.25) is 0 Å². The maximum absolute atomic E-state index is 2.28. The van der Waals surface area contributed by atoms with Gasteiger partial charge in [0.2, 0.25) is 6.71 Å². The van der Waals surface area contributed by atoms with Crippen LogP contribution in [0.1, 0.15) is 11.1 Å². The molecule has 40 heavy (non-hydrogen) atoms. The standard InChI is InChI=1S/C38H30BN/c1-5-13-33(14-6-1)39(34-15-7-2-8-16-34)35-27-23-31(24-28-35)21-22-32-25-29-38(30-26-32)40(36-17-9-3-10-18-36)37-19-11-4-12-20-37/h1-30H/b22-21+. The number of hydrogen-bond acceptors (Lipinski definition) is 1. The van der Waals surface area contributed by atoms with Crippen molar-refractivity contribution in [3.63, 3.8) is 0 Å². The number of benzene rings is 6. The van der Waals surface area contributed by atoms with Crippen LogP contribution in [0.15, 0.2) is 170 Å².